The monoisotopic (exact) mass is 274 g/mol. The summed E-state index contributed by atoms with van der Waals surface area (Å²) in [4.78, 5) is 42.5. The number of hydrogen-bond acceptors (Lipinski definition) is 5. The maximum Gasteiger partial charge on any atom is 0.343 e. The van der Waals surface area contributed by atoms with Crippen LogP contribution < -0.4 is 0 Å². The van der Waals surface area contributed by atoms with Gasteiger partial charge in [-0.05, 0) is 6.08 Å². The summed E-state index contributed by atoms with van der Waals surface area (Å²) in [6.07, 6.45) is 0.559. The first-order valence-electron chi connectivity index (χ1n) is 4.31. The Morgan fingerprint density at radius 1 is 0.944 bits per heavy atom. The molecule has 0 bridgehead atoms. The fourth-order valence-electron chi connectivity index (χ4n) is 1.22. The molecule has 9 heteroatoms. The Morgan fingerprint density at radius 2 is 1.50 bits per heavy atom. The molecule has 4 N–H and O–H groups in total. The van der Waals surface area contributed by atoms with Crippen LogP contribution in [0.15, 0.2) is 22.1 Å². The highest BCUT2D eigenvalue weighted by Crippen LogP contribution is 2.35. The van der Waals surface area contributed by atoms with Gasteiger partial charge < -0.3 is 20.4 Å². The van der Waals surface area contributed by atoms with Gasteiger partial charge in [0, 0.05) is 0 Å². The van der Waals surface area contributed by atoms with E-state index in [-0.39, 0.29) is 11.8 Å². The normalized spacial score (nSPS) is 19.1. The van der Waals surface area contributed by atoms with Gasteiger partial charge >= 0.3 is 23.9 Å². The van der Waals surface area contributed by atoms with E-state index in [0.29, 0.717) is 6.08 Å². The van der Waals surface area contributed by atoms with Crippen LogP contribution >= 0.6 is 11.8 Å². The Kier molecular flexibility index (Phi) is 3.76. The molecule has 1 heterocycles. The summed E-state index contributed by atoms with van der Waals surface area (Å²) in [5.41, 5.74) is -1.43. The van der Waals surface area contributed by atoms with Gasteiger partial charge in [-0.3, -0.25) is 4.79 Å². The standard InChI is InChI=1S/C9H6O8S/c10-6(11)2-1-3(7(12)13)5(9(16)17)18-4(2)8(14)15/h1,4H,(H,10,11)(H,12,13)(H,14,15)(H,16,17). The van der Waals surface area contributed by atoms with Gasteiger partial charge in [-0.15, -0.1) is 0 Å². The van der Waals surface area contributed by atoms with E-state index in [2.05, 4.69) is 0 Å². The average molecular weight is 274 g/mol. The van der Waals surface area contributed by atoms with Crippen LogP contribution in [0.25, 0.3) is 0 Å². The zero-order chi connectivity index (χ0) is 14.0. The summed E-state index contributed by atoms with van der Waals surface area (Å²) >= 11 is 0.171. The molecule has 1 unspecified atom stereocenters. The van der Waals surface area contributed by atoms with E-state index in [1.807, 2.05) is 0 Å². The molecule has 0 saturated carbocycles. The molecule has 0 saturated heterocycles. The van der Waals surface area contributed by atoms with Crippen LogP contribution in [0.3, 0.4) is 0 Å². The number of thioether (sulfide) groups is 1. The van der Waals surface area contributed by atoms with Crippen molar-refractivity contribution in [2.45, 2.75) is 5.25 Å². The molecule has 18 heavy (non-hydrogen) atoms. The molecule has 0 spiro atoms. The number of carboxylic acids is 4. The third kappa shape index (κ3) is 2.51. The van der Waals surface area contributed by atoms with Crippen molar-refractivity contribution < 1.29 is 39.6 Å². The molecule has 1 aliphatic heterocycles. The second-order valence-electron chi connectivity index (χ2n) is 3.09. The molecule has 8 nitrogen and oxygen atoms in total. The highest BCUT2D eigenvalue weighted by molar-refractivity contribution is 8.05. The van der Waals surface area contributed by atoms with Crippen LogP contribution in [0.1, 0.15) is 0 Å². The summed E-state index contributed by atoms with van der Waals surface area (Å²) in [6, 6.07) is 0. The second kappa shape index (κ2) is 4.92. The van der Waals surface area contributed by atoms with E-state index in [4.69, 9.17) is 20.4 Å². The number of carboxylic acid groups (broad SMARTS) is 4. The van der Waals surface area contributed by atoms with Crippen LogP contribution in [0.4, 0.5) is 0 Å². The number of aliphatic carboxylic acids is 4. The predicted octanol–water partition coefficient (Wildman–Crippen LogP) is -0.379. The molecule has 1 atom stereocenters. The van der Waals surface area contributed by atoms with E-state index in [1.54, 1.807) is 0 Å². The molecule has 0 radical (unpaired) electrons. The van der Waals surface area contributed by atoms with Crippen molar-refractivity contribution >= 4 is 35.6 Å². The zero-order valence-electron chi connectivity index (χ0n) is 8.48. The van der Waals surface area contributed by atoms with Gasteiger partial charge in [-0.1, -0.05) is 11.8 Å². The molecule has 0 fully saturated rings. The van der Waals surface area contributed by atoms with Crippen molar-refractivity contribution in [1.29, 1.82) is 0 Å². The molecule has 96 valence electrons. The Morgan fingerprint density at radius 3 is 1.83 bits per heavy atom. The van der Waals surface area contributed by atoms with Gasteiger partial charge in [0.25, 0.3) is 0 Å². The van der Waals surface area contributed by atoms with E-state index < -0.39 is 45.2 Å². The van der Waals surface area contributed by atoms with E-state index in [1.165, 1.54) is 0 Å². The summed E-state index contributed by atoms with van der Waals surface area (Å²) in [7, 11) is 0. The number of hydrogen-bond donors (Lipinski definition) is 4. The lowest BCUT2D eigenvalue weighted by molar-refractivity contribution is -0.139. The van der Waals surface area contributed by atoms with E-state index in [0.717, 1.165) is 0 Å². The van der Waals surface area contributed by atoms with Gasteiger partial charge in [-0.2, -0.15) is 0 Å². The van der Waals surface area contributed by atoms with Crippen molar-refractivity contribution in [1.82, 2.24) is 0 Å². The van der Waals surface area contributed by atoms with Gasteiger partial charge in [0.2, 0.25) is 0 Å². The maximum absolute atomic E-state index is 10.8. The zero-order valence-corrected chi connectivity index (χ0v) is 9.30. The first-order valence-corrected chi connectivity index (χ1v) is 5.19. The molecular weight excluding hydrogens is 268 g/mol. The minimum atomic E-state index is -1.66. The van der Waals surface area contributed by atoms with Gasteiger partial charge in [0.05, 0.1) is 11.1 Å². The fraction of sp³-hybridized carbons (Fsp3) is 0.111. The third-order valence-electron chi connectivity index (χ3n) is 1.96. The largest absolute Gasteiger partial charge is 0.480 e. The smallest absolute Gasteiger partial charge is 0.343 e. The summed E-state index contributed by atoms with van der Waals surface area (Å²) in [5, 5.41) is 33.4. The van der Waals surface area contributed by atoms with Crippen LogP contribution in [0.2, 0.25) is 0 Å². The lowest BCUT2D eigenvalue weighted by Crippen LogP contribution is -2.29. The van der Waals surface area contributed by atoms with E-state index >= 15 is 0 Å². The van der Waals surface area contributed by atoms with Crippen molar-refractivity contribution in [2.24, 2.45) is 0 Å². The second-order valence-corrected chi connectivity index (χ2v) is 4.21. The highest BCUT2D eigenvalue weighted by Gasteiger charge is 2.37. The Labute approximate surface area is 103 Å². The molecular formula is C9H6O8S. The summed E-state index contributed by atoms with van der Waals surface area (Å²) in [6.45, 7) is 0. The van der Waals surface area contributed by atoms with Crippen LogP contribution in [-0.4, -0.2) is 49.6 Å². The SMILES string of the molecule is O=C(O)C1=CC(C(=O)O)=C(C(=O)O)SC1C(=O)O. The van der Waals surface area contributed by atoms with Crippen LogP contribution in [-0.2, 0) is 19.2 Å². The fourth-order valence-corrected chi connectivity index (χ4v) is 2.23. The van der Waals surface area contributed by atoms with Crippen molar-refractivity contribution in [2.75, 3.05) is 0 Å². The first-order chi connectivity index (χ1) is 8.25. The van der Waals surface area contributed by atoms with Gasteiger partial charge in [-0.25, -0.2) is 14.4 Å². The quantitative estimate of drug-likeness (QED) is 0.538. The van der Waals surface area contributed by atoms with E-state index in [9.17, 15) is 19.2 Å². The molecule has 1 aliphatic rings. The van der Waals surface area contributed by atoms with Crippen molar-refractivity contribution in [3.8, 4) is 0 Å². The van der Waals surface area contributed by atoms with Gasteiger partial charge in [0.1, 0.15) is 10.2 Å². The minimum Gasteiger partial charge on any atom is -0.480 e. The van der Waals surface area contributed by atoms with Crippen LogP contribution in [0.5, 0.6) is 0 Å². The van der Waals surface area contributed by atoms with Crippen molar-refractivity contribution in [3.05, 3.63) is 22.1 Å². The lowest BCUT2D eigenvalue weighted by Gasteiger charge is -2.19. The predicted molar refractivity (Wildman–Crippen MR) is 57.0 cm³/mol. The molecule has 1 rings (SSSR count). The average Bonchev–Trinajstić information content (AvgIpc) is 2.26. The Balaban J connectivity index is 3.42. The number of carbonyl (C=O) groups is 4. The summed E-state index contributed by atoms with van der Waals surface area (Å²) < 4.78 is 0. The van der Waals surface area contributed by atoms with Crippen molar-refractivity contribution in [3.63, 3.8) is 0 Å². The molecule has 0 aromatic carbocycles. The molecule has 0 aromatic heterocycles. The minimum absolute atomic E-state index is 0.171. The Bertz CT molecular complexity index is 515. The molecule has 0 aliphatic carbocycles. The number of rotatable bonds is 4. The highest BCUT2D eigenvalue weighted by atomic mass is 32.2. The molecule has 0 amide bonds. The maximum atomic E-state index is 10.8. The summed E-state index contributed by atoms with van der Waals surface area (Å²) in [5.74, 6) is -6.43. The Hall–Kier alpha value is -2.29. The van der Waals surface area contributed by atoms with Crippen LogP contribution in [0, 0.1) is 0 Å². The van der Waals surface area contributed by atoms with Gasteiger partial charge in [0.15, 0.2) is 0 Å². The topological polar surface area (TPSA) is 149 Å². The first kappa shape index (κ1) is 13.8. The lowest BCUT2D eigenvalue weighted by atomic mass is 10.1. The third-order valence-corrected chi connectivity index (χ3v) is 3.28. The molecule has 0 aromatic rings.